The van der Waals surface area contributed by atoms with Gasteiger partial charge in [-0.15, -0.1) is 11.3 Å². The number of unbranched alkanes of at least 4 members (excludes halogenated alkanes) is 1. The van der Waals surface area contributed by atoms with Crippen molar-refractivity contribution in [3.8, 4) is 0 Å². The Morgan fingerprint density at radius 1 is 1.00 bits per heavy atom. The maximum atomic E-state index is 11.5. The van der Waals surface area contributed by atoms with E-state index in [4.69, 9.17) is 5.21 Å². The zero-order valence-electron chi connectivity index (χ0n) is 14.0. The average molecular weight is 354 g/mol. The molecule has 25 heavy (non-hydrogen) atoms. The molecule has 3 rings (SSSR count). The van der Waals surface area contributed by atoms with E-state index in [0.29, 0.717) is 4.88 Å². The van der Waals surface area contributed by atoms with Crippen molar-refractivity contribution in [2.75, 3.05) is 6.54 Å². The van der Waals surface area contributed by atoms with Crippen molar-refractivity contribution in [1.29, 1.82) is 0 Å². The highest BCUT2D eigenvalue weighted by molar-refractivity contribution is 7.20. The SMILES string of the molecule is O=C(NO)c1cc2cc(CNCCCCc3ccccc3)ccc2s1. The molecule has 0 radical (unpaired) electrons. The van der Waals surface area contributed by atoms with Gasteiger partial charge >= 0.3 is 0 Å². The molecule has 5 heteroatoms. The smallest absolute Gasteiger partial charge is 0.284 e. The third-order valence-corrected chi connectivity index (χ3v) is 5.26. The summed E-state index contributed by atoms with van der Waals surface area (Å²) < 4.78 is 1.05. The Labute approximate surface area is 151 Å². The van der Waals surface area contributed by atoms with Crippen molar-refractivity contribution < 1.29 is 10.0 Å². The maximum absolute atomic E-state index is 11.5. The lowest BCUT2D eigenvalue weighted by atomic mass is 10.1. The van der Waals surface area contributed by atoms with Crippen molar-refractivity contribution in [3.05, 3.63) is 70.6 Å². The van der Waals surface area contributed by atoms with Gasteiger partial charge in [-0.1, -0.05) is 36.4 Å². The van der Waals surface area contributed by atoms with Gasteiger partial charge in [-0.3, -0.25) is 10.0 Å². The Balaban J connectivity index is 1.44. The highest BCUT2D eigenvalue weighted by Crippen LogP contribution is 2.26. The van der Waals surface area contributed by atoms with E-state index in [1.54, 1.807) is 5.48 Å². The summed E-state index contributed by atoms with van der Waals surface area (Å²) in [5, 5.41) is 13.2. The zero-order chi connectivity index (χ0) is 17.5. The fourth-order valence-corrected chi connectivity index (χ4v) is 3.76. The first kappa shape index (κ1) is 17.6. The van der Waals surface area contributed by atoms with Crippen LogP contribution in [0.3, 0.4) is 0 Å². The quantitative estimate of drug-likeness (QED) is 0.324. The third-order valence-electron chi connectivity index (χ3n) is 4.15. The molecule has 0 fully saturated rings. The largest absolute Gasteiger partial charge is 0.313 e. The van der Waals surface area contributed by atoms with Crippen LogP contribution < -0.4 is 10.8 Å². The van der Waals surface area contributed by atoms with Crippen LogP contribution in [0, 0.1) is 0 Å². The Bertz CT molecular complexity index is 830. The molecule has 0 atom stereocenters. The van der Waals surface area contributed by atoms with Gasteiger partial charge in [-0.25, -0.2) is 5.48 Å². The molecule has 0 aliphatic carbocycles. The van der Waals surface area contributed by atoms with Gasteiger partial charge in [0, 0.05) is 11.2 Å². The molecule has 1 amide bonds. The standard InChI is InChI=1S/C20H22N2O2S/c23-20(22-24)19-13-17-12-16(9-10-18(17)25-19)14-21-11-5-4-8-15-6-2-1-3-7-15/h1-3,6-7,9-10,12-13,21,24H,4-5,8,11,14H2,(H,22,23). The van der Waals surface area contributed by atoms with E-state index in [2.05, 4.69) is 47.8 Å². The van der Waals surface area contributed by atoms with Crippen LogP contribution >= 0.6 is 11.3 Å². The average Bonchev–Trinajstić information content (AvgIpc) is 3.08. The van der Waals surface area contributed by atoms with Crippen LogP contribution in [-0.2, 0) is 13.0 Å². The second kappa shape index (κ2) is 8.76. The summed E-state index contributed by atoms with van der Waals surface area (Å²) in [6.45, 7) is 1.81. The lowest BCUT2D eigenvalue weighted by molar-refractivity contribution is 0.0711. The Morgan fingerprint density at radius 2 is 1.84 bits per heavy atom. The predicted octanol–water partition coefficient (Wildman–Crippen LogP) is 4.13. The summed E-state index contributed by atoms with van der Waals surface area (Å²) in [7, 11) is 0. The highest BCUT2D eigenvalue weighted by Gasteiger charge is 2.09. The number of hydrogen-bond acceptors (Lipinski definition) is 4. The molecule has 2 aromatic carbocycles. The lowest BCUT2D eigenvalue weighted by Crippen LogP contribution is -2.16. The molecule has 0 saturated carbocycles. The van der Waals surface area contributed by atoms with E-state index < -0.39 is 5.91 Å². The Hall–Kier alpha value is -2.21. The van der Waals surface area contributed by atoms with Crippen molar-refractivity contribution in [2.24, 2.45) is 0 Å². The zero-order valence-corrected chi connectivity index (χ0v) is 14.8. The first-order chi connectivity index (χ1) is 12.3. The fraction of sp³-hybridized carbons (Fsp3) is 0.250. The summed E-state index contributed by atoms with van der Waals surface area (Å²) in [4.78, 5) is 12.0. The van der Waals surface area contributed by atoms with Gasteiger partial charge in [0.1, 0.15) is 0 Å². The molecular weight excluding hydrogens is 332 g/mol. The van der Waals surface area contributed by atoms with Crippen LogP contribution in [0.1, 0.15) is 33.6 Å². The monoisotopic (exact) mass is 354 g/mol. The van der Waals surface area contributed by atoms with Crippen LogP contribution in [0.25, 0.3) is 10.1 Å². The second-order valence-electron chi connectivity index (χ2n) is 6.04. The molecule has 0 aliphatic heterocycles. The molecule has 0 aliphatic rings. The molecule has 3 aromatic rings. The normalized spacial score (nSPS) is 10.9. The number of thiophene rings is 1. The first-order valence-corrected chi connectivity index (χ1v) is 9.29. The van der Waals surface area contributed by atoms with E-state index in [1.807, 2.05) is 12.1 Å². The van der Waals surface area contributed by atoms with Gasteiger partial charge in [0.15, 0.2) is 0 Å². The van der Waals surface area contributed by atoms with Gasteiger partial charge in [0.25, 0.3) is 5.91 Å². The van der Waals surface area contributed by atoms with Gasteiger partial charge in [0.2, 0.25) is 0 Å². The summed E-state index contributed by atoms with van der Waals surface area (Å²) in [5.41, 5.74) is 4.28. The van der Waals surface area contributed by atoms with Crippen molar-refractivity contribution in [1.82, 2.24) is 10.8 Å². The molecule has 0 bridgehead atoms. The molecule has 0 spiro atoms. The molecule has 0 unspecified atom stereocenters. The molecule has 3 N–H and O–H groups in total. The number of fused-ring (bicyclic) bond motifs is 1. The molecular formula is C20H22N2O2S. The minimum Gasteiger partial charge on any atom is -0.313 e. The van der Waals surface area contributed by atoms with Crippen LogP contribution in [0.15, 0.2) is 54.6 Å². The van der Waals surface area contributed by atoms with Crippen molar-refractivity contribution in [2.45, 2.75) is 25.8 Å². The third kappa shape index (κ3) is 4.89. The van der Waals surface area contributed by atoms with Crippen LogP contribution in [0.5, 0.6) is 0 Å². The minimum absolute atomic E-state index is 0.459. The van der Waals surface area contributed by atoms with Gasteiger partial charge in [0.05, 0.1) is 4.88 Å². The number of rotatable bonds is 8. The van der Waals surface area contributed by atoms with Gasteiger partial charge in [-0.05, 0) is 60.5 Å². The number of carbonyl (C=O) groups excluding carboxylic acids is 1. The maximum Gasteiger partial charge on any atom is 0.284 e. The highest BCUT2D eigenvalue weighted by atomic mass is 32.1. The topological polar surface area (TPSA) is 61.4 Å². The number of hydroxylamine groups is 1. The molecule has 1 aromatic heterocycles. The minimum atomic E-state index is -0.459. The molecule has 1 heterocycles. The molecule has 130 valence electrons. The van der Waals surface area contributed by atoms with Crippen LogP contribution in [-0.4, -0.2) is 17.7 Å². The Morgan fingerprint density at radius 3 is 2.64 bits per heavy atom. The number of amides is 1. The second-order valence-corrected chi connectivity index (χ2v) is 7.13. The van der Waals surface area contributed by atoms with Crippen molar-refractivity contribution in [3.63, 3.8) is 0 Å². The summed E-state index contributed by atoms with van der Waals surface area (Å²) in [5.74, 6) is -0.459. The number of carbonyl (C=O) groups is 1. The number of aryl methyl sites for hydroxylation is 1. The van der Waals surface area contributed by atoms with E-state index in [0.717, 1.165) is 36.0 Å². The number of nitrogens with one attached hydrogen (secondary N) is 2. The number of hydrogen-bond donors (Lipinski definition) is 3. The first-order valence-electron chi connectivity index (χ1n) is 8.48. The Kier molecular flexibility index (Phi) is 6.17. The van der Waals surface area contributed by atoms with Gasteiger partial charge < -0.3 is 5.32 Å². The van der Waals surface area contributed by atoms with Crippen LogP contribution in [0.4, 0.5) is 0 Å². The molecule has 4 nitrogen and oxygen atoms in total. The van der Waals surface area contributed by atoms with E-state index in [-0.39, 0.29) is 0 Å². The fourth-order valence-electron chi connectivity index (χ4n) is 2.83. The van der Waals surface area contributed by atoms with Gasteiger partial charge in [-0.2, -0.15) is 0 Å². The molecule has 0 saturated heterocycles. The van der Waals surface area contributed by atoms with E-state index in [9.17, 15) is 4.79 Å². The summed E-state index contributed by atoms with van der Waals surface area (Å²) in [6, 6.07) is 18.6. The van der Waals surface area contributed by atoms with E-state index in [1.165, 1.54) is 28.9 Å². The number of benzene rings is 2. The summed E-state index contributed by atoms with van der Waals surface area (Å²) >= 11 is 1.38. The van der Waals surface area contributed by atoms with Crippen molar-refractivity contribution >= 4 is 27.3 Å². The summed E-state index contributed by atoms with van der Waals surface area (Å²) in [6.07, 6.45) is 3.45. The lowest BCUT2D eigenvalue weighted by Gasteiger charge is -2.05. The predicted molar refractivity (Wildman–Crippen MR) is 102 cm³/mol. The van der Waals surface area contributed by atoms with E-state index >= 15 is 0 Å². The van der Waals surface area contributed by atoms with Crippen LogP contribution in [0.2, 0.25) is 0 Å².